The van der Waals surface area contributed by atoms with Crippen molar-refractivity contribution >= 4 is 22.9 Å². The number of carbonyl (C=O) groups excluding carboxylic acids is 2. The molecule has 1 aromatic carbocycles. The third kappa shape index (κ3) is 5.48. The number of carbonyl (C=O) groups is 2. The van der Waals surface area contributed by atoms with Crippen molar-refractivity contribution in [2.45, 2.75) is 65.0 Å². The van der Waals surface area contributed by atoms with Gasteiger partial charge in [-0.25, -0.2) is 0 Å². The van der Waals surface area contributed by atoms with Crippen LogP contribution in [0.2, 0.25) is 0 Å². The number of rotatable bonds is 8. The number of benzene rings is 1. The van der Waals surface area contributed by atoms with E-state index in [1.54, 1.807) is 20.8 Å². The van der Waals surface area contributed by atoms with Gasteiger partial charge in [-0.1, -0.05) is 57.7 Å². The minimum Gasteiger partial charge on any atom is -0.493 e. The topological polar surface area (TPSA) is 68.3 Å². The van der Waals surface area contributed by atoms with Crippen molar-refractivity contribution in [3.8, 4) is 5.75 Å². The fourth-order valence-electron chi connectivity index (χ4n) is 3.68. The maximum atomic E-state index is 12.0. The van der Waals surface area contributed by atoms with E-state index < -0.39 is 17.0 Å². The molecule has 2 amide bonds. The van der Waals surface area contributed by atoms with Crippen molar-refractivity contribution < 1.29 is 17.1 Å². The number of aryl methyl sites for hydroxylation is 2. The number of imide groups is 1. The molecule has 3 rings (SSSR count). The van der Waals surface area contributed by atoms with E-state index in [0.29, 0.717) is 13.0 Å². The molecule has 166 valence electrons. The highest BCUT2D eigenvalue weighted by Crippen LogP contribution is 2.34. The molecule has 0 radical (unpaired) electrons. The quantitative estimate of drug-likeness (QED) is 0.582. The monoisotopic (exact) mass is 442 g/mol. The summed E-state index contributed by atoms with van der Waals surface area (Å²) >= 11 is 1.04. The number of nitrogens with zero attached hydrogens (tertiary/aromatic N) is 1. The summed E-state index contributed by atoms with van der Waals surface area (Å²) < 4.78 is 22.9. The van der Waals surface area contributed by atoms with Gasteiger partial charge in [0.2, 0.25) is 5.91 Å². The Hall–Kier alpha value is -2.34. The lowest BCUT2D eigenvalue weighted by Crippen LogP contribution is -2.27. The molecule has 1 aliphatic rings. The van der Waals surface area contributed by atoms with E-state index in [2.05, 4.69) is 10.3 Å². The summed E-state index contributed by atoms with van der Waals surface area (Å²) in [6.07, 6.45) is 0.624. The second-order valence-corrected chi connectivity index (χ2v) is 9.40. The molecule has 1 aliphatic heterocycles. The molecular weight excluding hydrogens is 408 g/mol. The summed E-state index contributed by atoms with van der Waals surface area (Å²) in [6, 6.07) is 9.67. The van der Waals surface area contributed by atoms with Gasteiger partial charge in [0.1, 0.15) is 5.75 Å². The number of aromatic nitrogens is 1. The van der Waals surface area contributed by atoms with Crippen LogP contribution in [0, 0.1) is 19.7 Å². The van der Waals surface area contributed by atoms with Gasteiger partial charge in [0.05, 0.1) is 11.9 Å². The zero-order chi connectivity index (χ0) is 24.6. The molecule has 3 unspecified atom stereocenters. The summed E-state index contributed by atoms with van der Waals surface area (Å²) in [6.45, 7) is 11.5. The van der Waals surface area contributed by atoms with Crippen LogP contribution in [0.3, 0.4) is 0 Å². The molecular formula is C25H32N2O3S. The van der Waals surface area contributed by atoms with E-state index in [4.69, 9.17) is 7.48 Å². The third-order valence-electron chi connectivity index (χ3n) is 5.81. The van der Waals surface area contributed by atoms with E-state index in [1.165, 1.54) is 0 Å². The van der Waals surface area contributed by atoms with E-state index in [0.717, 1.165) is 45.6 Å². The first kappa shape index (κ1) is 20.6. The second-order valence-electron chi connectivity index (χ2n) is 8.29. The summed E-state index contributed by atoms with van der Waals surface area (Å²) in [5, 5.41) is 1.64. The van der Waals surface area contributed by atoms with Gasteiger partial charge in [-0.2, -0.15) is 0 Å². The first-order valence-electron chi connectivity index (χ1n) is 11.5. The van der Waals surface area contributed by atoms with Crippen LogP contribution < -0.4 is 10.1 Å². The molecule has 0 spiro atoms. The maximum absolute atomic E-state index is 12.0. The first-order valence-corrected chi connectivity index (χ1v) is 11.4. The average molecular weight is 443 g/mol. The molecule has 0 bridgehead atoms. The molecule has 3 atom stereocenters. The summed E-state index contributed by atoms with van der Waals surface area (Å²) in [4.78, 5) is 28.1. The third-order valence-corrected chi connectivity index (χ3v) is 7.00. The lowest BCUT2D eigenvalue weighted by atomic mass is 9.89. The minimum absolute atomic E-state index is 0.0868. The molecule has 31 heavy (non-hydrogen) atoms. The minimum atomic E-state index is -1.06. The lowest BCUT2D eigenvalue weighted by molar-refractivity contribution is -0.119. The van der Waals surface area contributed by atoms with E-state index in [9.17, 15) is 9.59 Å². The van der Waals surface area contributed by atoms with Gasteiger partial charge >= 0.3 is 0 Å². The van der Waals surface area contributed by atoms with Crippen molar-refractivity contribution in [1.29, 1.82) is 0 Å². The van der Waals surface area contributed by atoms with E-state index >= 15 is 0 Å². The SMILES string of the molecule is [2H]C(C)(C)C([2H])(C)c1ccc(CCOc2ccc(C(C)C3SC(=O)NC3=O)cc2C)nc1C. The molecule has 1 saturated heterocycles. The maximum Gasteiger partial charge on any atom is 0.286 e. The Morgan fingerprint density at radius 1 is 1.16 bits per heavy atom. The summed E-state index contributed by atoms with van der Waals surface area (Å²) in [5.41, 5.74) is 4.38. The Kier molecular flexibility index (Phi) is 6.54. The van der Waals surface area contributed by atoms with Crippen molar-refractivity contribution in [2.24, 2.45) is 5.89 Å². The molecule has 1 N–H and O–H groups in total. The molecule has 1 aromatic heterocycles. The Morgan fingerprint density at radius 2 is 1.90 bits per heavy atom. The fraction of sp³-hybridized carbons (Fsp3) is 0.480. The number of nitrogens with one attached hydrogen (secondary N) is 1. The molecule has 6 heteroatoms. The molecule has 0 saturated carbocycles. The van der Waals surface area contributed by atoms with Crippen LogP contribution in [0.15, 0.2) is 30.3 Å². The number of hydrogen-bond donors (Lipinski definition) is 1. The summed E-state index contributed by atoms with van der Waals surface area (Å²) in [7, 11) is 0. The van der Waals surface area contributed by atoms with Crippen LogP contribution in [0.25, 0.3) is 0 Å². The number of pyridine rings is 1. The van der Waals surface area contributed by atoms with Gasteiger partial charge in [-0.05, 0) is 54.5 Å². The Balaban J connectivity index is 1.62. The number of ether oxygens (including phenoxy) is 1. The van der Waals surface area contributed by atoms with Gasteiger partial charge in [0.25, 0.3) is 5.24 Å². The molecule has 5 nitrogen and oxygen atoms in total. The van der Waals surface area contributed by atoms with Gasteiger partial charge in [-0.3, -0.25) is 19.9 Å². The first-order chi connectivity index (χ1) is 15.3. The zero-order valence-electron chi connectivity index (χ0n) is 21.0. The van der Waals surface area contributed by atoms with E-state index in [-0.39, 0.29) is 17.1 Å². The van der Waals surface area contributed by atoms with Crippen LogP contribution in [0.1, 0.15) is 70.3 Å². The highest BCUT2D eigenvalue weighted by atomic mass is 32.2. The van der Waals surface area contributed by atoms with Gasteiger partial charge in [0, 0.05) is 26.5 Å². The number of hydrogen-bond acceptors (Lipinski definition) is 5. The molecule has 2 heterocycles. The van der Waals surface area contributed by atoms with Crippen molar-refractivity contribution in [3.63, 3.8) is 0 Å². The van der Waals surface area contributed by atoms with Crippen molar-refractivity contribution in [2.75, 3.05) is 6.61 Å². The predicted molar refractivity (Wildman–Crippen MR) is 126 cm³/mol. The molecule has 1 fully saturated rings. The Morgan fingerprint density at radius 3 is 2.48 bits per heavy atom. The molecule has 0 aliphatic carbocycles. The highest BCUT2D eigenvalue weighted by Gasteiger charge is 2.36. The average Bonchev–Trinajstić information content (AvgIpc) is 3.05. The van der Waals surface area contributed by atoms with Crippen molar-refractivity contribution in [3.05, 3.63) is 58.4 Å². The van der Waals surface area contributed by atoms with Crippen LogP contribution in [-0.4, -0.2) is 28.0 Å². The predicted octanol–water partition coefficient (Wildman–Crippen LogP) is 5.53. The number of thioether (sulfide) groups is 1. The van der Waals surface area contributed by atoms with Crippen LogP contribution in [-0.2, 0) is 11.2 Å². The van der Waals surface area contributed by atoms with Gasteiger partial charge < -0.3 is 4.74 Å². The van der Waals surface area contributed by atoms with Gasteiger partial charge in [0.15, 0.2) is 0 Å². The fourth-order valence-corrected chi connectivity index (χ4v) is 4.59. The normalized spacial score (nSPS) is 20.5. The Labute approximate surface area is 192 Å². The van der Waals surface area contributed by atoms with Crippen LogP contribution in [0.4, 0.5) is 4.79 Å². The van der Waals surface area contributed by atoms with Crippen LogP contribution in [0.5, 0.6) is 5.75 Å². The van der Waals surface area contributed by atoms with Gasteiger partial charge in [-0.15, -0.1) is 0 Å². The smallest absolute Gasteiger partial charge is 0.286 e. The highest BCUT2D eigenvalue weighted by molar-refractivity contribution is 8.15. The van der Waals surface area contributed by atoms with Crippen LogP contribution >= 0.6 is 11.8 Å². The standard InChI is InChI=1S/C25H32N2O3S/c1-14(2)16(4)21-9-8-20(26-18(21)6)11-12-30-22-10-7-19(13-15(22)3)17(5)23-24(28)27-25(29)31-23/h7-10,13-14,16-17,23H,11-12H2,1-6H3,(H,27,28,29)/i14D,16D. The lowest BCUT2D eigenvalue weighted by Gasteiger charge is -2.19. The number of amides is 2. The Bertz CT molecular complexity index is 1070. The van der Waals surface area contributed by atoms with E-state index in [1.807, 2.05) is 51.1 Å². The summed E-state index contributed by atoms with van der Waals surface area (Å²) in [5.74, 6) is -1.55. The van der Waals surface area contributed by atoms with Crippen molar-refractivity contribution in [1.82, 2.24) is 10.3 Å². The largest absolute Gasteiger partial charge is 0.493 e. The second kappa shape index (κ2) is 9.86. The zero-order valence-corrected chi connectivity index (χ0v) is 19.9. The molecule has 2 aromatic rings.